The van der Waals surface area contributed by atoms with Crippen LogP contribution in [-0.2, 0) is 9.84 Å². The van der Waals surface area contributed by atoms with Crippen LogP contribution in [0.3, 0.4) is 0 Å². The molecule has 4 heteroatoms. The minimum absolute atomic E-state index is 0.230. The van der Waals surface area contributed by atoms with Crippen molar-refractivity contribution in [2.45, 2.75) is 71.1 Å². The summed E-state index contributed by atoms with van der Waals surface area (Å²) < 4.78 is 22.8. The number of hydrogen-bond acceptors (Lipinski definition) is 3. The first kappa shape index (κ1) is 18.3. The van der Waals surface area contributed by atoms with Gasteiger partial charge in [0.25, 0.3) is 0 Å². The van der Waals surface area contributed by atoms with E-state index in [-0.39, 0.29) is 5.75 Å². The molecule has 2 nitrogen and oxygen atoms in total. The number of rotatable bonds is 13. The van der Waals surface area contributed by atoms with Crippen molar-refractivity contribution in [3.05, 3.63) is 0 Å². The van der Waals surface area contributed by atoms with Gasteiger partial charge in [-0.15, -0.1) is 0 Å². The largest absolute Gasteiger partial charge is 0.229 e. The number of hydrogen-bond donors (Lipinski definition) is 1. The zero-order valence-electron chi connectivity index (χ0n) is 11.9. The average molecular weight is 295 g/mol. The van der Waals surface area contributed by atoms with Crippen LogP contribution in [-0.4, -0.2) is 25.7 Å². The molecule has 0 saturated heterocycles. The van der Waals surface area contributed by atoms with Crippen LogP contribution in [0.2, 0.25) is 0 Å². The van der Waals surface area contributed by atoms with Crippen LogP contribution in [0.5, 0.6) is 0 Å². The second-order valence-corrected chi connectivity index (χ2v) is 7.81. The minimum atomic E-state index is -2.82. The molecule has 0 radical (unpaired) electrons. The Morgan fingerprint density at radius 2 is 1.17 bits per heavy atom. The molecule has 0 aromatic rings. The van der Waals surface area contributed by atoms with Gasteiger partial charge >= 0.3 is 0 Å². The monoisotopic (exact) mass is 294 g/mol. The van der Waals surface area contributed by atoms with Crippen LogP contribution in [0.25, 0.3) is 0 Å². The summed E-state index contributed by atoms with van der Waals surface area (Å²) in [4.78, 5) is 0. The fourth-order valence-corrected chi connectivity index (χ4v) is 4.01. The molecule has 0 heterocycles. The highest BCUT2D eigenvalue weighted by molar-refractivity contribution is 7.92. The predicted octanol–water partition coefficient (Wildman–Crippen LogP) is 4.25. The SMILES string of the molecule is CCCCCCCCCCCCS(=O)(=O)CCS. The Bertz CT molecular complexity index is 261. The topological polar surface area (TPSA) is 34.1 Å². The van der Waals surface area contributed by atoms with Gasteiger partial charge in [-0.05, 0) is 6.42 Å². The highest BCUT2D eigenvalue weighted by Gasteiger charge is 2.08. The third kappa shape index (κ3) is 12.7. The Morgan fingerprint density at radius 3 is 1.61 bits per heavy atom. The Labute approximate surface area is 119 Å². The van der Waals surface area contributed by atoms with Crippen LogP contribution >= 0.6 is 12.6 Å². The van der Waals surface area contributed by atoms with Crippen molar-refractivity contribution in [2.75, 3.05) is 17.3 Å². The van der Waals surface area contributed by atoms with Gasteiger partial charge < -0.3 is 0 Å². The van der Waals surface area contributed by atoms with E-state index in [1.54, 1.807) is 0 Å². The molecule has 0 aliphatic heterocycles. The lowest BCUT2D eigenvalue weighted by molar-refractivity contribution is 0.558. The summed E-state index contributed by atoms with van der Waals surface area (Å²) in [7, 11) is -2.82. The lowest BCUT2D eigenvalue weighted by Crippen LogP contribution is -2.11. The Hall–Kier alpha value is 0.300. The Balaban J connectivity index is 3.21. The van der Waals surface area contributed by atoms with Gasteiger partial charge in [-0.25, -0.2) is 8.42 Å². The summed E-state index contributed by atoms with van der Waals surface area (Å²) in [5.74, 6) is 1.03. The maximum absolute atomic E-state index is 11.4. The van der Waals surface area contributed by atoms with Crippen molar-refractivity contribution in [1.82, 2.24) is 0 Å². The van der Waals surface area contributed by atoms with Crippen LogP contribution in [0.4, 0.5) is 0 Å². The van der Waals surface area contributed by atoms with Crippen LogP contribution in [0, 0.1) is 0 Å². The average Bonchev–Trinajstić information content (AvgIpc) is 2.31. The number of thiol groups is 1. The van der Waals surface area contributed by atoms with E-state index >= 15 is 0 Å². The van der Waals surface area contributed by atoms with Crippen LogP contribution in [0.1, 0.15) is 71.1 Å². The molecule has 0 aliphatic rings. The van der Waals surface area contributed by atoms with Crippen molar-refractivity contribution in [1.29, 1.82) is 0 Å². The first-order valence-corrected chi connectivity index (χ1v) is 9.89. The number of sulfone groups is 1. The summed E-state index contributed by atoms with van der Waals surface area (Å²) >= 11 is 3.96. The summed E-state index contributed by atoms with van der Waals surface area (Å²) in [5.41, 5.74) is 0. The molecule has 0 spiro atoms. The molecule has 110 valence electrons. The van der Waals surface area contributed by atoms with Crippen LogP contribution < -0.4 is 0 Å². The zero-order valence-corrected chi connectivity index (χ0v) is 13.6. The van der Waals surface area contributed by atoms with E-state index in [0.717, 1.165) is 12.8 Å². The standard InChI is InChI=1S/C14H30O2S2/c1-2-3-4-5-6-7-8-9-10-11-13-18(15,16)14-12-17/h17H,2-14H2,1H3. The molecular weight excluding hydrogens is 264 g/mol. The summed E-state index contributed by atoms with van der Waals surface area (Å²) in [6.07, 6.45) is 12.4. The molecule has 0 aromatic carbocycles. The van der Waals surface area contributed by atoms with Gasteiger partial charge in [0.15, 0.2) is 9.84 Å². The smallest absolute Gasteiger partial charge is 0.151 e. The van der Waals surface area contributed by atoms with Gasteiger partial charge in [0.05, 0.1) is 11.5 Å². The first-order valence-electron chi connectivity index (χ1n) is 7.43. The van der Waals surface area contributed by atoms with Crippen molar-refractivity contribution in [3.8, 4) is 0 Å². The van der Waals surface area contributed by atoms with E-state index in [1.165, 1.54) is 51.4 Å². The fraction of sp³-hybridized carbons (Fsp3) is 1.00. The molecule has 0 unspecified atom stereocenters. The van der Waals surface area contributed by atoms with Crippen molar-refractivity contribution >= 4 is 22.5 Å². The lowest BCUT2D eigenvalue weighted by atomic mass is 10.1. The second kappa shape index (κ2) is 12.3. The van der Waals surface area contributed by atoms with Gasteiger partial charge in [-0.2, -0.15) is 12.6 Å². The Kier molecular flexibility index (Phi) is 12.5. The third-order valence-electron chi connectivity index (χ3n) is 3.21. The molecule has 0 aliphatic carbocycles. The molecule has 0 atom stereocenters. The van der Waals surface area contributed by atoms with Crippen molar-refractivity contribution in [2.24, 2.45) is 0 Å². The van der Waals surface area contributed by atoms with E-state index in [1.807, 2.05) is 0 Å². The summed E-state index contributed by atoms with van der Waals surface area (Å²) in [6, 6.07) is 0. The fourth-order valence-electron chi connectivity index (χ4n) is 2.05. The number of unbranched alkanes of at least 4 members (excludes halogenated alkanes) is 9. The molecule has 0 N–H and O–H groups in total. The molecule has 0 amide bonds. The van der Waals surface area contributed by atoms with Crippen LogP contribution in [0.15, 0.2) is 0 Å². The molecule has 0 saturated carbocycles. The molecule has 0 bridgehead atoms. The highest BCUT2D eigenvalue weighted by Crippen LogP contribution is 2.11. The van der Waals surface area contributed by atoms with Crippen molar-refractivity contribution in [3.63, 3.8) is 0 Å². The third-order valence-corrected chi connectivity index (χ3v) is 5.47. The van der Waals surface area contributed by atoms with Crippen molar-refractivity contribution < 1.29 is 8.42 Å². The molecule has 0 rings (SSSR count). The van der Waals surface area contributed by atoms with Gasteiger partial charge in [-0.1, -0.05) is 64.7 Å². The van der Waals surface area contributed by atoms with E-state index < -0.39 is 9.84 Å². The normalized spacial score (nSPS) is 11.9. The quantitative estimate of drug-likeness (QED) is 0.407. The molecule has 18 heavy (non-hydrogen) atoms. The zero-order chi connectivity index (χ0) is 13.7. The van der Waals surface area contributed by atoms with E-state index in [4.69, 9.17) is 0 Å². The molecular formula is C14H30O2S2. The second-order valence-electron chi connectivity index (χ2n) is 5.06. The van der Waals surface area contributed by atoms with E-state index in [0.29, 0.717) is 11.5 Å². The lowest BCUT2D eigenvalue weighted by Gasteiger charge is -2.03. The summed E-state index contributed by atoms with van der Waals surface area (Å²) in [6.45, 7) is 2.24. The maximum Gasteiger partial charge on any atom is 0.151 e. The van der Waals surface area contributed by atoms with Gasteiger partial charge in [-0.3, -0.25) is 0 Å². The van der Waals surface area contributed by atoms with Gasteiger partial charge in [0.1, 0.15) is 0 Å². The van der Waals surface area contributed by atoms with Gasteiger partial charge in [0.2, 0.25) is 0 Å². The first-order chi connectivity index (χ1) is 8.62. The molecule has 0 aromatic heterocycles. The maximum atomic E-state index is 11.4. The molecule has 0 fully saturated rings. The van der Waals surface area contributed by atoms with Gasteiger partial charge in [0, 0.05) is 5.75 Å². The minimum Gasteiger partial charge on any atom is -0.229 e. The highest BCUT2D eigenvalue weighted by atomic mass is 32.2. The van der Waals surface area contributed by atoms with E-state index in [2.05, 4.69) is 19.6 Å². The Morgan fingerprint density at radius 1 is 0.722 bits per heavy atom. The summed E-state index contributed by atoms with van der Waals surface area (Å²) in [5, 5.41) is 0. The predicted molar refractivity (Wildman–Crippen MR) is 84.4 cm³/mol. The van der Waals surface area contributed by atoms with E-state index in [9.17, 15) is 8.42 Å².